The molecule has 2 rings (SSSR count). The average Bonchev–Trinajstić information content (AvgIpc) is 2.45. The first-order chi connectivity index (χ1) is 11.4. The summed E-state index contributed by atoms with van der Waals surface area (Å²) in [5.74, 6) is -0.828. The minimum absolute atomic E-state index is 0.0734. The van der Waals surface area contributed by atoms with Crippen LogP contribution in [0.2, 0.25) is 0 Å². The molecule has 0 saturated carbocycles. The summed E-state index contributed by atoms with van der Waals surface area (Å²) in [5, 5.41) is 21.8. The van der Waals surface area contributed by atoms with Crippen molar-refractivity contribution >= 4 is 60.1 Å². The van der Waals surface area contributed by atoms with E-state index in [0.29, 0.717) is 0 Å². The first-order valence-corrected chi connectivity index (χ1v) is 9.01. The molecule has 0 spiro atoms. The van der Waals surface area contributed by atoms with Gasteiger partial charge in [0.05, 0.1) is 9.85 Å². The zero-order valence-corrected chi connectivity index (χ0v) is 16.6. The number of hydrogen-bond donors (Lipinski definition) is 2. The smallest absolute Gasteiger partial charge is 0.258 e. The molecular formula is C14H13Cl3N2O4S2. The third kappa shape index (κ3) is 4.36. The standard InChI is InChI=1S/C14H13Cl3N2O4S2/c15-14(16,17)11(12(24)5-1-9(2-6-12)18(20)21)13(25)7-3-10(4-8-13)19(22)23/h1-5,7,11,24-25H,6,8H2. The molecule has 2 aliphatic rings. The fraction of sp³-hybridized carbons (Fsp3) is 0.429. The van der Waals surface area contributed by atoms with Gasteiger partial charge in [0.15, 0.2) is 3.79 Å². The van der Waals surface area contributed by atoms with E-state index in [0.717, 1.165) is 0 Å². The normalized spacial score (nSPS) is 30.4. The SMILES string of the molecule is O=[N+]([O-])C1=CCC(S)(C(C(Cl)(Cl)Cl)C2(S)C=CC([N+](=O)[O-])=CC2)C=C1. The van der Waals surface area contributed by atoms with E-state index in [1.54, 1.807) is 0 Å². The Hall–Kier alpha value is -0.670. The maximum absolute atomic E-state index is 10.9. The van der Waals surface area contributed by atoms with Crippen molar-refractivity contribution in [2.24, 2.45) is 5.92 Å². The molecule has 0 bridgehead atoms. The highest BCUT2D eigenvalue weighted by Crippen LogP contribution is 2.56. The Morgan fingerprint density at radius 1 is 0.960 bits per heavy atom. The monoisotopic (exact) mass is 442 g/mol. The minimum atomic E-state index is -1.82. The first kappa shape index (κ1) is 20.6. The molecule has 11 heteroatoms. The summed E-state index contributed by atoms with van der Waals surface area (Å²) < 4.78 is -3.91. The second-order valence-electron chi connectivity index (χ2n) is 5.80. The molecule has 0 amide bonds. The van der Waals surface area contributed by atoms with Crippen molar-refractivity contribution in [1.82, 2.24) is 0 Å². The van der Waals surface area contributed by atoms with Gasteiger partial charge in [0.25, 0.3) is 11.4 Å². The van der Waals surface area contributed by atoms with Gasteiger partial charge >= 0.3 is 0 Å². The van der Waals surface area contributed by atoms with Crippen molar-refractivity contribution in [2.75, 3.05) is 0 Å². The molecule has 0 aromatic rings. The molecule has 0 radical (unpaired) electrons. The second-order valence-corrected chi connectivity index (χ2v) is 9.84. The van der Waals surface area contributed by atoms with Gasteiger partial charge in [0, 0.05) is 27.6 Å². The van der Waals surface area contributed by atoms with Crippen LogP contribution in [0.3, 0.4) is 0 Å². The van der Waals surface area contributed by atoms with Crippen molar-refractivity contribution in [3.05, 3.63) is 68.1 Å². The molecule has 0 heterocycles. The molecule has 6 nitrogen and oxygen atoms in total. The molecule has 0 fully saturated rings. The topological polar surface area (TPSA) is 86.3 Å². The quantitative estimate of drug-likeness (QED) is 0.289. The van der Waals surface area contributed by atoms with Crippen LogP contribution in [0.15, 0.2) is 47.9 Å². The summed E-state index contributed by atoms with van der Waals surface area (Å²) in [5.41, 5.74) is -0.147. The van der Waals surface area contributed by atoms with E-state index in [2.05, 4.69) is 25.3 Å². The van der Waals surface area contributed by atoms with Crippen molar-refractivity contribution in [1.29, 1.82) is 0 Å². The van der Waals surface area contributed by atoms with Gasteiger partial charge in [0.2, 0.25) is 0 Å². The largest absolute Gasteiger partial charge is 0.265 e. The van der Waals surface area contributed by atoms with Gasteiger partial charge in [-0.25, -0.2) is 0 Å². The van der Waals surface area contributed by atoms with E-state index in [9.17, 15) is 20.2 Å². The predicted molar refractivity (Wildman–Crippen MR) is 105 cm³/mol. The average molecular weight is 444 g/mol. The number of thiol groups is 2. The van der Waals surface area contributed by atoms with Crippen LogP contribution in [0, 0.1) is 26.1 Å². The molecule has 0 saturated heterocycles. The molecule has 25 heavy (non-hydrogen) atoms. The molecule has 2 aliphatic carbocycles. The number of nitrogens with zero attached hydrogens (tertiary/aromatic N) is 2. The summed E-state index contributed by atoms with van der Waals surface area (Å²) in [6.45, 7) is 0. The van der Waals surface area contributed by atoms with Crippen LogP contribution < -0.4 is 0 Å². The van der Waals surface area contributed by atoms with E-state index >= 15 is 0 Å². The Morgan fingerprint density at radius 3 is 1.52 bits per heavy atom. The zero-order chi connectivity index (χ0) is 19.0. The molecule has 0 aromatic heterocycles. The molecule has 2 atom stereocenters. The van der Waals surface area contributed by atoms with E-state index in [4.69, 9.17) is 34.8 Å². The molecule has 0 N–H and O–H groups in total. The van der Waals surface area contributed by atoms with Crippen LogP contribution >= 0.6 is 60.1 Å². The van der Waals surface area contributed by atoms with Crippen LogP contribution in [0.5, 0.6) is 0 Å². The highest BCUT2D eigenvalue weighted by atomic mass is 35.6. The molecule has 136 valence electrons. The van der Waals surface area contributed by atoms with E-state index in [1.807, 2.05) is 0 Å². The number of alkyl halides is 3. The molecule has 2 unspecified atom stereocenters. The third-order valence-corrected chi connectivity index (χ3v) is 5.94. The predicted octanol–water partition coefficient (Wildman–Crippen LogP) is 4.55. The van der Waals surface area contributed by atoms with Gasteiger partial charge in [0.1, 0.15) is 0 Å². The summed E-state index contributed by atoms with van der Waals surface area (Å²) in [7, 11) is 0. The summed E-state index contributed by atoms with van der Waals surface area (Å²) in [6.07, 6.45) is 8.73. The Kier molecular flexibility index (Phi) is 5.90. The lowest BCUT2D eigenvalue weighted by molar-refractivity contribution is -0.419. The van der Waals surface area contributed by atoms with Crippen LogP contribution in [0.1, 0.15) is 12.8 Å². The van der Waals surface area contributed by atoms with Gasteiger partial charge < -0.3 is 0 Å². The lowest BCUT2D eigenvalue weighted by Gasteiger charge is -2.47. The van der Waals surface area contributed by atoms with Crippen LogP contribution in [0.4, 0.5) is 0 Å². The van der Waals surface area contributed by atoms with Crippen LogP contribution in [0.25, 0.3) is 0 Å². The zero-order valence-electron chi connectivity index (χ0n) is 12.5. The van der Waals surface area contributed by atoms with Crippen molar-refractivity contribution in [3.8, 4) is 0 Å². The molecule has 0 aromatic carbocycles. The number of halogens is 3. The minimum Gasteiger partial charge on any atom is -0.258 e. The Morgan fingerprint density at radius 2 is 1.32 bits per heavy atom. The molecule has 0 aliphatic heterocycles. The lowest BCUT2D eigenvalue weighted by atomic mass is 9.74. The van der Waals surface area contributed by atoms with Gasteiger partial charge in [-0.3, -0.25) is 20.2 Å². The number of hydrogen-bond acceptors (Lipinski definition) is 6. The summed E-state index contributed by atoms with van der Waals surface area (Å²) in [4.78, 5) is 20.7. The van der Waals surface area contributed by atoms with Gasteiger partial charge in [-0.05, 0) is 25.0 Å². The van der Waals surface area contributed by atoms with Crippen molar-refractivity contribution in [3.63, 3.8) is 0 Å². The fourth-order valence-electron chi connectivity index (χ4n) is 2.97. The lowest BCUT2D eigenvalue weighted by Crippen LogP contribution is -2.51. The second kappa shape index (κ2) is 7.15. The van der Waals surface area contributed by atoms with Crippen LogP contribution in [-0.2, 0) is 0 Å². The van der Waals surface area contributed by atoms with E-state index < -0.39 is 29.1 Å². The summed E-state index contributed by atoms with van der Waals surface area (Å²) in [6, 6.07) is 0. The Balaban J connectivity index is 2.40. The van der Waals surface area contributed by atoms with Gasteiger partial charge in [-0.15, -0.1) is 0 Å². The number of nitro groups is 2. The Bertz CT molecular complexity index is 678. The fourth-order valence-corrected chi connectivity index (χ4v) is 5.87. The highest BCUT2D eigenvalue weighted by Gasteiger charge is 2.55. The van der Waals surface area contributed by atoms with Crippen molar-refractivity contribution < 1.29 is 9.85 Å². The van der Waals surface area contributed by atoms with Gasteiger partial charge in [-0.1, -0.05) is 47.0 Å². The van der Waals surface area contributed by atoms with Gasteiger partial charge in [-0.2, -0.15) is 25.3 Å². The maximum atomic E-state index is 10.9. The summed E-state index contributed by atoms with van der Waals surface area (Å²) >= 11 is 27.9. The molecular weight excluding hydrogens is 431 g/mol. The van der Waals surface area contributed by atoms with E-state index in [1.165, 1.54) is 36.5 Å². The maximum Gasteiger partial charge on any atom is 0.265 e. The third-order valence-electron chi connectivity index (χ3n) is 4.11. The highest BCUT2D eigenvalue weighted by molar-refractivity contribution is 7.83. The van der Waals surface area contributed by atoms with Crippen LogP contribution in [-0.4, -0.2) is 23.1 Å². The number of allylic oxidation sites excluding steroid dienone is 4. The van der Waals surface area contributed by atoms with Crippen molar-refractivity contribution in [2.45, 2.75) is 26.1 Å². The first-order valence-electron chi connectivity index (χ1n) is 6.98. The van der Waals surface area contributed by atoms with E-state index in [-0.39, 0.29) is 24.2 Å². The Labute approximate surface area is 169 Å². The number of rotatable bonds is 4.